The molecule has 1 heterocycles. The molecule has 0 spiro atoms. The van der Waals surface area contributed by atoms with Gasteiger partial charge in [0.15, 0.2) is 0 Å². The molecule has 1 atom stereocenters. The van der Waals surface area contributed by atoms with Crippen LogP contribution in [0.25, 0.3) is 5.69 Å². The Morgan fingerprint density at radius 1 is 1.23 bits per heavy atom. The third-order valence-corrected chi connectivity index (χ3v) is 3.82. The first-order valence-corrected chi connectivity index (χ1v) is 7.25. The Kier molecular flexibility index (Phi) is 4.51. The van der Waals surface area contributed by atoms with Crippen LogP contribution in [0.2, 0.25) is 0 Å². The zero-order chi connectivity index (χ0) is 16.4. The quantitative estimate of drug-likeness (QED) is 0.896. The first-order valence-electron chi connectivity index (χ1n) is 7.25. The zero-order valence-electron chi connectivity index (χ0n) is 13.3. The minimum Gasteiger partial charge on any atom is -0.320 e. The lowest BCUT2D eigenvalue weighted by molar-refractivity contribution is -0.118. The first-order chi connectivity index (χ1) is 10.3. The van der Waals surface area contributed by atoms with Gasteiger partial charge in [0, 0.05) is 7.05 Å². The van der Waals surface area contributed by atoms with Crippen LogP contribution >= 0.6 is 0 Å². The van der Waals surface area contributed by atoms with Gasteiger partial charge in [-0.3, -0.25) is 14.3 Å². The smallest absolute Gasteiger partial charge is 0.295 e. The summed E-state index contributed by atoms with van der Waals surface area (Å²) in [6, 6.07) is 8.63. The number of hydrogen-bond donors (Lipinski definition) is 2. The van der Waals surface area contributed by atoms with Gasteiger partial charge in [-0.2, -0.15) is 0 Å². The van der Waals surface area contributed by atoms with Crippen molar-refractivity contribution < 1.29 is 4.79 Å². The molecule has 6 heteroatoms. The Hall–Kier alpha value is -2.34. The van der Waals surface area contributed by atoms with E-state index in [2.05, 4.69) is 5.32 Å². The van der Waals surface area contributed by atoms with Crippen LogP contribution in [0.4, 0.5) is 5.69 Å². The Bertz CT molecular complexity index is 729. The molecule has 6 nitrogen and oxygen atoms in total. The molecule has 0 saturated carbocycles. The van der Waals surface area contributed by atoms with Gasteiger partial charge in [0.05, 0.1) is 17.4 Å². The second-order valence-corrected chi connectivity index (χ2v) is 5.70. The number of carbonyl (C=O) groups excluding carboxylic acids is 1. The highest BCUT2D eigenvalue weighted by atomic mass is 16.2. The van der Waals surface area contributed by atoms with E-state index in [9.17, 15) is 9.59 Å². The maximum Gasteiger partial charge on any atom is 0.295 e. The summed E-state index contributed by atoms with van der Waals surface area (Å²) in [6.45, 7) is 5.52. The van der Waals surface area contributed by atoms with Gasteiger partial charge in [0.25, 0.3) is 5.56 Å². The highest BCUT2D eigenvalue weighted by molar-refractivity contribution is 5.95. The van der Waals surface area contributed by atoms with Gasteiger partial charge in [-0.15, -0.1) is 0 Å². The van der Waals surface area contributed by atoms with Crippen molar-refractivity contribution in [3.05, 3.63) is 46.4 Å². The number of nitrogens with two attached hydrogens (primary N) is 1. The van der Waals surface area contributed by atoms with Crippen LogP contribution in [0, 0.1) is 12.8 Å². The number of benzene rings is 1. The summed E-state index contributed by atoms with van der Waals surface area (Å²) < 4.78 is 3.24. The molecule has 3 N–H and O–H groups in total. The third-order valence-electron chi connectivity index (χ3n) is 3.82. The van der Waals surface area contributed by atoms with E-state index in [1.807, 2.05) is 44.2 Å². The molecule has 22 heavy (non-hydrogen) atoms. The Morgan fingerprint density at radius 2 is 1.82 bits per heavy atom. The number of nitrogens with zero attached hydrogens (tertiary/aromatic N) is 2. The van der Waals surface area contributed by atoms with E-state index >= 15 is 0 Å². The molecule has 0 aliphatic heterocycles. The number of anilines is 1. The highest BCUT2D eigenvalue weighted by Crippen LogP contribution is 2.14. The molecule has 2 aromatic rings. The zero-order valence-corrected chi connectivity index (χ0v) is 13.3. The fourth-order valence-corrected chi connectivity index (χ4v) is 2.22. The lowest BCUT2D eigenvalue weighted by Crippen LogP contribution is -2.40. The molecular weight excluding hydrogens is 280 g/mol. The largest absolute Gasteiger partial charge is 0.320 e. The molecule has 0 fully saturated rings. The summed E-state index contributed by atoms with van der Waals surface area (Å²) in [5, 5.41) is 2.67. The van der Waals surface area contributed by atoms with Gasteiger partial charge in [-0.1, -0.05) is 32.0 Å². The van der Waals surface area contributed by atoms with Crippen molar-refractivity contribution in [3.8, 4) is 5.69 Å². The summed E-state index contributed by atoms with van der Waals surface area (Å²) in [5.41, 5.74) is 7.26. The molecule has 0 aliphatic carbocycles. The second kappa shape index (κ2) is 6.19. The molecule has 0 bridgehead atoms. The number of nitrogens with one attached hydrogen (secondary N) is 1. The Labute approximate surface area is 129 Å². The fraction of sp³-hybridized carbons (Fsp3) is 0.375. The van der Waals surface area contributed by atoms with Gasteiger partial charge in [0.1, 0.15) is 5.69 Å². The maximum atomic E-state index is 12.6. The predicted octanol–water partition coefficient (Wildman–Crippen LogP) is 1.41. The van der Waals surface area contributed by atoms with Crippen molar-refractivity contribution in [2.75, 3.05) is 5.32 Å². The number of aromatic nitrogens is 2. The van der Waals surface area contributed by atoms with Gasteiger partial charge in [0.2, 0.25) is 5.91 Å². The monoisotopic (exact) mass is 302 g/mol. The topological polar surface area (TPSA) is 82.1 Å². The molecule has 0 aliphatic rings. The Balaban J connectivity index is 2.44. The van der Waals surface area contributed by atoms with Crippen molar-refractivity contribution in [1.29, 1.82) is 0 Å². The standard InChI is InChI=1S/C16H22N4O2/c1-10(2)13(17)15(21)18-14-11(3)19(4)20(16(14)22)12-8-6-5-7-9-12/h5-10,13H,17H2,1-4H3,(H,18,21). The maximum absolute atomic E-state index is 12.6. The van der Waals surface area contributed by atoms with Crippen molar-refractivity contribution in [2.45, 2.75) is 26.8 Å². The van der Waals surface area contributed by atoms with Crippen LogP contribution in [0.3, 0.4) is 0 Å². The average molecular weight is 302 g/mol. The Morgan fingerprint density at radius 3 is 2.36 bits per heavy atom. The SMILES string of the molecule is Cc1c(NC(=O)C(N)C(C)C)c(=O)n(-c2ccccc2)n1C. The first kappa shape index (κ1) is 16.0. The van der Waals surface area contributed by atoms with E-state index < -0.39 is 6.04 Å². The molecular formula is C16H22N4O2. The molecule has 1 aromatic heterocycles. The summed E-state index contributed by atoms with van der Waals surface area (Å²) in [5.74, 6) is -0.346. The van der Waals surface area contributed by atoms with E-state index in [1.165, 1.54) is 4.68 Å². The van der Waals surface area contributed by atoms with E-state index in [0.29, 0.717) is 5.69 Å². The number of para-hydroxylation sites is 1. The molecule has 2 rings (SSSR count). The van der Waals surface area contributed by atoms with Gasteiger partial charge in [-0.05, 0) is 25.0 Å². The molecule has 0 radical (unpaired) electrons. The van der Waals surface area contributed by atoms with Gasteiger partial charge in [-0.25, -0.2) is 4.68 Å². The van der Waals surface area contributed by atoms with E-state index in [-0.39, 0.29) is 23.1 Å². The van der Waals surface area contributed by atoms with Crippen LogP contribution < -0.4 is 16.6 Å². The second-order valence-electron chi connectivity index (χ2n) is 5.70. The van der Waals surface area contributed by atoms with Crippen LogP contribution in [0.15, 0.2) is 35.1 Å². The van der Waals surface area contributed by atoms with Crippen LogP contribution in [0.1, 0.15) is 19.5 Å². The summed E-state index contributed by atoms with van der Waals surface area (Å²) in [4.78, 5) is 24.7. The summed E-state index contributed by atoms with van der Waals surface area (Å²) in [6.07, 6.45) is 0. The van der Waals surface area contributed by atoms with Crippen LogP contribution in [0.5, 0.6) is 0 Å². The summed E-state index contributed by atoms with van der Waals surface area (Å²) >= 11 is 0. The minimum atomic E-state index is -0.649. The highest BCUT2D eigenvalue weighted by Gasteiger charge is 2.22. The molecule has 0 saturated heterocycles. The van der Waals surface area contributed by atoms with E-state index in [1.54, 1.807) is 18.7 Å². The number of carbonyl (C=O) groups is 1. The fourth-order valence-electron chi connectivity index (χ4n) is 2.22. The molecule has 1 amide bonds. The van der Waals surface area contributed by atoms with Crippen molar-refractivity contribution in [3.63, 3.8) is 0 Å². The molecule has 118 valence electrons. The number of amides is 1. The van der Waals surface area contributed by atoms with Crippen molar-refractivity contribution in [1.82, 2.24) is 9.36 Å². The lowest BCUT2D eigenvalue weighted by atomic mass is 10.1. The van der Waals surface area contributed by atoms with Crippen molar-refractivity contribution >= 4 is 11.6 Å². The van der Waals surface area contributed by atoms with Crippen LogP contribution in [-0.2, 0) is 11.8 Å². The number of rotatable bonds is 4. The van der Waals surface area contributed by atoms with E-state index in [4.69, 9.17) is 5.73 Å². The lowest BCUT2D eigenvalue weighted by Gasteiger charge is -2.14. The van der Waals surface area contributed by atoms with E-state index in [0.717, 1.165) is 5.69 Å². The van der Waals surface area contributed by atoms with Crippen LogP contribution in [-0.4, -0.2) is 21.3 Å². The minimum absolute atomic E-state index is 0.000340. The normalized spacial score (nSPS) is 12.5. The van der Waals surface area contributed by atoms with Crippen molar-refractivity contribution in [2.24, 2.45) is 18.7 Å². The van der Waals surface area contributed by atoms with Gasteiger partial charge >= 0.3 is 0 Å². The third kappa shape index (κ3) is 2.82. The predicted molar refractivity (Wildman–Crippen MR) is 87.2 cm³/mol. The van der Waals surface area contributed by atoms with Gasteiger partial charge < -0.3 is 11.1 Å². The molecule has 1 unspecified atom stereocenters. The number of hydrogen-bond acceptors (Lipinski definition) is 3. The summed E-state index contributed by atoms with van der Waals surface area (Å²) in [7, 11) is 1.78. The average Bonchev–Trinajstić information content (AvgIpc) is 2.71. The molecule has 1 aromatic carbocycles.